The van der Waals surface area contributed by atoms with Crippen molar-refractivity contribution in [1.82, 2.24) is 5.32 Å². The zero-order valence-corrected chi connectivity index (χ0v) is 11.0. The van der Waals surface area contributed by atoms with Crippen LogP contribution >= 0.6 is 0 Å². The Balaban J connectivity index is 1.87. The molecule has 0 saturated carbocycles. The van der Waals surface area contributed by atoms with E-state index in [-0.39, 0.29) is 10.8 Å². The van der Waals surface area contributed by atoms with E-state index in [0.29, 0.717) is 5.75 Å². The van der Waals surface area contributed by atoms with Gasteiger partial charge in [-0.3, -0.25) is 0 Å². The van der Waals surface area contributed by atoms with E-state index in [1.807, 2.05) is 0 Å². The van der Waals surface area contributed by atoms with Crippen LogP contribution in [0.15, 0.2) is 0 Å². The van der Waals surface area contributed by atoms with Gasteiger partial charge in [0.05, 0.1) is 11.0 Å². The van der Waals surface area contributed by atoms with Crippen molar-refractivity contribution < 1.29 is 8.42 Å². The van der Waals surface area contributed by atoms with Crippen molar-refractivity contribution in [3.8, 4) is 0 Å². The van der Waals surface area contributed by atoms with Gasteiger partial charge >= 0.3 is 0 Å². The van der Waals surface area contributed by atoms with Gasteiger partial charge < -0.3 is 5.32 Å². The molecular formula is C12H23NO2S. The second-order valence-electron chi connectivity index (χ2n) is 5.61. The maximum atomic E-state index is 11.7. The maximum Gasteiger partial charge on any atom is 0.153 e. The van der Waals surface area contributed by atoms with E-state index in [1.165, 1.54) is 19.3 Å². The summed E-state index contributed by atoms with van der Waals surface area (Å²) in [5.74, 6) is 0.418. The fourth-order valence-electron chi connectivity index (χ4n) is 2.99. The Morgan fingerprint density at radius 3 is 2.69 bits per heavy atom. The van der Waals surface area contributed by atoms with Gasteiger partial charge in [-0.05, 0) is 52.0 Å². The van der Waals surface area contributed by atoms with Crippen LogP contribution in [0.1, 0.15) is 51.9 Å². The minimum Gasteiger partial charge on any atom is -0.312 e. The van der Waals surface area contributed by atoms with Crippen LogP contribution in [0, 0.1) is 0 Å². The minimum absolute atomic E-state index is 0.0481. The molecule has 0 amide bonds. The Bertz CT molecular complexity index is 331. The molecule has 1 N–H and O–H groups in total. The monoisotopic (exact) mass is 245 g/mol. The van der Waals surface area contributed by atoms with Gasteiger partial charge in [-0.2, -0.15) is 0 Å². The summed E-state index contributed by atoms with van der Waals surface area (Å²) in [6, 6.07) is 0. The number of rotatable bonds is 3. The van der Waals surface area contributed by atoms with Crippen LogP contribution < -0.4 is 5.32 Å². The third-order valence-corrected chi connectivity index (χ3v) is 6.53. The minimum atomic E-state index is -2.74. The third-order valence-electron chi connectivity index (χ3n) is 4.19. The lowest BCUT2D eigenvalue weighted by atomic mass is 9.86. The van der Waals surface area contributed by atoms with Crippen LogP contribution in [0.4, 0.5) is 0 Å². The summed E-state index contributed by atoms with van der Waals surface area (Å²) in [7, 11) is -2.74. The van der Waals surface area contributed by atoms with Crippen molar-refractivity contribution in [3.05, 3.63) is 0 Å². The van der Waals surface area contributed by atoms with Crippen LogP contribution in [0.5, 0.6) is 0 Å². The van der Waals surface area contributed by atoms with Gasteiger partial charge in [0.25, 0.3) is 0 Å². The molecule has 3 nitrogen and oxygen atoms in total. The van der Waals surface area contributed by atoms with Crippen LogP contribution in [0.25, 0.3) is 0 Å². The van der Waals surface area contributed by atoms with Crippen LogP contribution in [0.2, 0.25) is 0 Å². The van der Waals surface area contributed by atoms with Gasteiger partial charge in [0.15, 0.2) is 9.84 Å². The van der Waals surface area contributed by atoms with Crippen molar-refractivity contribution in [2.24, 2.45) is 0 Å². The van der Waals surface area contributed by atoms with Crippen molar-refractivity contribution in [1.29, 1.82) is 0 Å². The summed E-state index contributed by atoms with van der Waals surface area (Å²) < 4.78 is 23.4. The Kier molecular flexibility index (Phi) is 3.59. The maximum absolute atomic E-state index is 11.7. The van der Waals surface area contributed by atoms with Gasteiger partial charge in [-0.25, -0.2) is 8.42 Å². The van der Waals surface area contributed by atoms with Crippen LogP contribution in [-0.4, -0.2) is 31.5 Å². The zero-order valence-electron chi connectivity index (χ0n) is 10.2. The highest BCUT2D eigenvalue weighted by molar-refractivity contribution is 7.92. The first-order valence-electron chi connectivity index (χ1n) is 6.48. The fourth-order valence-corrected chi connectivity index (χ4v) is 4.90. The van der Waals surface area contributed by atoms with Gasteiger partial charge in [0.1, 0.15) is 0 Å². The average molecular weight is 245 g/mol. The summed E-state index contributed by atoms with van der Waals surface area (Å²) in [5.41, 5.74) is 0.191. The molecule has 0 spiro atoms. The number of sulfone groups is 1. The van der Waals surface area contributed by atoms with Gasteiger partial charge in [0, 0.05) is 5.54 Å². The number of piperidine rings is 1. The highest BCUT2D eigenvalue weighted by Crippen LogP contribution is 2.29. The number of nitrogens with one attached hydrogen (secondary N) is 1. The van der Waals surface area contributed by atoms with E-state index in [9.17, 15) is 8.42 Å². The normalized spacial score (nSPS) is 38.7. The van der Waals surface area contributed by atoms with Crippen molar-refractivity contribution in [2.45, 2.75) is 62.7 Å². The first kappa shape index (κ1) is 12.4. The topological polar surface area (TPSA) is 46.2 Å². The molecule has 2 heterocycles. The summed E-state index contributed by atoms with van der Waals surface area (Å²) in [5, 5.41) is 3.50. The van der Waals surface area contributed by atoms with Crippen molar-refractivity contribution >= 4 is 9.84 Å². The molecule has 0 aliphatic carbocycles. The van der Waals surface area contributed by atoms with E-state index in [0.717, 1.165) is 32.2 Å². The van der Waals surface area contributed by atoms with Gasteiger partial charge in [-0.15, -0.1) is 0 Å². The second kappa shape index (κ2) is 4.65. The first-order valence-corrected chi connectivity index (χ1v) is 8.20. The fraction of sp³-hybridized carbons (Fsp3) is 1.00. The standard InChI is InChI=1S/C12H23NO2S/c1-12(7-2-3-9-13-12)8-6-11-5-4-10-16(11,14)15/h11,13H,2-10H2,1H3. The highest BCUT2D eigenvalue weighted by Gasteiger charge is 2.34. The molecule has 0 aromatic carbocycles. The highest BCUT2D eigenvalue weighted by atomic mass is 32.2. The molecule has 16 heavy (non-hydrogen) atoms. The molecule has 0 radical (unpaired) electrons. The number of hydrogen-bond acceptors (Lipinski definition) is 3. The lowest BCUT2D eigenvalue weighted by Crippen LogP contribution is -2.46. The van der Waals surface area contributed by atoms with E-state index >= 15 is 0 Å². The molecule has 2 rings (SSSR count). The molecule has 4 heteroatoms. The lowest BCUT2D eigenvalue weighted by molar-refractivity contribution is 0.254. The van der Waals surface area contributed by atoms with Crippen LogP contribution in [-0.2, 0) is 9.84 Å². The SMILES string of the molecule is CC1(CCC2CCCS2(=O)=O)CCCCN1. The molecule has 2 saturated heterocycles. The Morgan fingerprint density at radius 1 is 1.31 bits per heavy atom. The lowest BCUT2D eigenvalue weighted by Gasteiger charge is -2.35. The Labute approximate surface area is 98.9 Å². The summed E-state index contributed by atoms with van der Waals surface area (Å²) in [6.07, 6.45) is 7.36. The Morgan fingerprint density at radius 2 is 2.12 bits per heavy atom. The van der Waals surface area contributed by atoms with Crippen molar-refractivity contribution in [3.63, 3.8) is 0 Å². The molecule has 2 aliphatic heterocycles. The van der Waals surface area contributed by atoms with E-state index in [1.54, 1.807) is 0 Å². The smallest absolute Gasteiger partial charge is 0.153 e. The number of hydrogen-bond donors (Lipinski definition) is 1. The molecule has 0 aromatic rings. The summed E-state index contributed by atoms with van der Waals surface area (Å²) >= 11 is 0. The van der Waals surface area contributed by atoms with Gasteiger partial charge in [-0.1, -0.05) is 6.42 Å². The quantitative estimate of drug-likeness (QED) is 0.825. The molecule has 0 aromatic heterocycles. The molecule has 2 atom stereocenters. The predicted octanol–water partition coefficient (Wildman–Crippen LogP) is 1.88. The third kappa shape index (κ3) is 2.77. The largest absolute Gasteiger partial charge is 0.312 e. The Hall–Kier alpha value is -0.0900. The molecule has 2 fully saturated rings. The molecular weight excluding hydrogens is 222 g/mol. The van der Waals surface area contributed by atoms with E-state index in [4.69, 9.17) is 0 Å². The van der Waals surface area contributed by atoms with Gasteiger partial charge in [0.2, 0.25) is 0 Å². The molecule has 94 valence electrons. The van der Waals surface area contributed by atoms with E-state index < -0.39 is 9.84 Å². The predicted molar refractivity (Wildman–Crippen MR) is 66.3 cm³/mol. The first-order chi connectivity index (χ1) is 7.52. The second-order valence-corrected chi connectivity index (χ2v) is 8.02. The van der Waals surface area contributed by atoms with E-state index in [2.05, 4.69) is 12.2 Å². The zero-order chi connectivity index (χ0) is 11.6. The molecule has 2 aliphatic rings. The average Bonchev–Trinajstić information content (AvgIpc) is 2.56. The summed E-state index contributed by atoms with van der Waals surface area (Å²) in [4.78, 5) is 0. The molecule has 2 unspecified atom stereocenters. The summed E-state index contributed by atoms with van der Waals surface area (Å²) in [6.45, 7) is 3.33. The van der Waals surface area contributed by atoms with Crippen molar-refractivity contribution in [2.75, 3.05) is 12.3 Å². The van der Waals surface area contributed by atoms with Crippen LogP contribution in [0.3, 0.4) is 0 Å². The molecule has 0 bridgehead atoms.